The normalized spacial score (nSPS) is 14.3. The highest BCUT2D eigenvalue weighted by atomic mass is 14.3. The summed E-state index contributed by atoms with van der Waals surface area (Å²) in [5, 5.41) is 0. The Bertz CT molecular complexity index is 138. The van der Waals surface area contributed by atoms with E-state index in [-0.39, 0.29) is 0 Å². The first-order chi connectivity index (χ1) is 4.92. The lowest BCUT2D eigenvalue weighted by molar-refractivity contribution is 0.309. The Hall–Kier alpha value is -0.260. The Morgan fingerprint density at radius 1 is 1.36 bits per heavy atom. The Morgan fingerprint density at radius 3 is 2.09 bits per heavy atom. The van der Waals surface area contributed by atoms with Crippen LogP contribution in [0.2, 0.25) is 0 Å². The molecule has 0 rings (SSSR count). The van der Waals surface area contributed by atoms with Gasteiger partial charge in [0.05, 0.1) is 0 Å². The standard InChI is InChI=1S/C11H22/c1-7-8-10(4)11(5,6)9(2)3/h8-9H,7H2,1-6H3. The molecular formula is C11H22. The molecule has 0 amide bonds. The van der Waals surface area contributed by atoms with Crippen LogP contribution in [0.1, 0.15) is 48.0 Å². The van der Waals surface area contributed by atoms with Gasteiger partial charge in [-0.25, -0.2) is 0 Å². The minimum Gasteiger partial charge on any atom is -0.0853 e. The van der Waals surface area contributed by atoms with Crippen LogP contribution in [0, 0.1) is 11.3 Å². The molecule has 0 aromatic heterocycles. The van der Waals surface area contributed by atoms with Crippen LogP contribution in [0.5, 0.6) is 0 Å². The summed E-state index contributed by atoms with van der Waals surface area (Å²) in [6, 6.07) is 0. The van der Waals surface area contributed by atoms with Crippen molar-refractivity contribution >= 4 is 0 Å². The van der Waals surface area contributed by atoms with Gasteiger partial charge in [0, 0.05) is 0 Å². The molecule has 0 spiro atoms. The number of allylic oxidation sites excluding steroid dienone is 2. The quantitative estimate of drug-likeness (QED) is 0.538. The van der Waals surface area contributed by atoms with Crippen molar-refractivity contribution in [2.45, 2.75) is 48.0 Å². The third-order valence-corrected chi connectivity index (χ3v) is 2.97. The molecule has 0 bridgehead atoms. The maximum atomic E-state index is 2.33. The lowest BCUT2D eigenvalue weighted by Crippen LogP contribution is -2.20. The van der Waals surface area contributed by atoms with Gasteiger partial charge in [0.15, 0.2) is 0 Å². The maximum Gasteiger partial charge on any atom is -0.0124 e. The summed E-state index contributed by atoms with van der Waals surface area (Å²) in [4.78, 5) is 0. The van der Waals surface area contributed by atoms with Crippen molar-refractivity contribution in [1.82, 2.24) is 0 Å². The molecule has 0 nitrogen and oxygen atoms in total. The summed E-state index contributed by atoms with van der Waals surface area (Å²) in [5.74, 6) is 0.727. The van der Waals surface area contributed by atoms with E-state index < -0.39 is 0 Å². The second-order valence-electron chi connectivity index (χ2n) is 4.17. The molecule has 0 N–H and O–H groups in total. The van der Waals surface area contributed by atoms with Gasteiger partial charge in [-0.05, 0) is 24.7 Å². The van der Waals surface area contributed by atoms with Crippen molar-refractivity contribution in [3.05, 3.63) is 11.6 Å². The van der Waals surface area contributed by atoms with E-state index >= 15 is 0 Å². The zero-order valence-electron chi connectivity index (χ0n) is 8.86. The average Bonchev–Trinajstić information content (AvgIpc) is 1.88. The maximum absolute atomic E-state index is 2.33. The minimum atomic E-state index is 0.371. The summed E-state index contributed by atoms with van der Waals surface area (Å²) >= 11 is 0. The molecule has 0 aliphatic heterocycles. The van der Waals surface area contributed by atoms with E-state index in [1.165, 1.54) is 5.57 Å². The van der Waals surface area contributed by atoms with Gasteiger partial charge in [0.25, 0.3) is 0 Å². The van der Waals surface area contributed by atoms with E-state index in [1.807, 2.05) is 0 Å². The van der Waals surface area contributed by atoms with Crippen molar-refractivity contribution in [3.63, 3.8) is 0 Å². The fourth-order valence-corrected chi connectivity index (χ4v) is 1.02. The van der Waals surface area contributed by atoms with Crippen molar-refractivity contribution in [1.29, 1.82) is 0 Å². The van der Waals surface area contributed by atoms with Gasteiger partial charge in [0.1, 0.15) is 0 Å². The summed E-state index contributed by atoms with van der Waals surface area (Å²) in [5.41, 5.74) is 1.89. The Labute approximate surface area is 71.7 Å². The first-order valence-corrected chi connectivity index (χ1v) is 4.60. The van der Waals surface area contributed by atoms with Crippen LogP contribution in [-0.2, 0) is 0 Å². The highest BCUT2D eigenvalue weighted by Crippen LogP contribution is 2.34. The molecule has 0 unspecified atom stereocenters. The molecule has 66 valence electrons. The number of hydrogen-bond donors (Lipinski definition) is 0. The zero-order valence-corrected chi connectivity index (χ0v) is 8.86. The third-order valence-electron chi connectivity index (χ3n) is 2.97. The fraction of sp³-hybridized carbons (Fsp3) is 0.818. The summed E-state index contributed by atoms with van der Waals surface area (Å²) in [6.07, 6.45) is 3.49. The minimum absolute atomic E-state index is 0.371. The highest BCUT2D eigenvalue weighted by molar-refractivity contribution is 5.09. The predicted molar refractivity (Wildman–Crippen MR) is 52.7 cm³/mol. The molecule has 11 heavy (non-hydrogen) atoms. The first-order valence-electron chi connectivity index (χ1n) is 4.60. The summed E-state index contributed by atoms with van der Waals surface area (Å²) in [7, 11) is 0. The van der Waals surface area contributed by atoms with Crippen LogP contribution in [0.25, 0.3) is 0 Å². The van der Waals surface area contributed by atoms with Crippen molar-refractivity contribution in [2.24, 2.45) is 11.3 Å². The largest absolute Gasteiger partial charge is 0.0853 e. The van der Waals surface area contributed by atoms with Crippen LogP contribution in [-0.4, -0.2) is 0 Å². The van der Waals surface area contributed by atoms with Crippen LogP contribution in [0.15, 0.2) is 11.6 Å². The monoisotopic (exact) mass is 154 g/mol. The lowest BCUT2D eigenvalue weighted by atomic mass is 9.75. The molecule has 0 aromatic carbocycles. The molecular weight excluding hydrogens is 132 g/mol. The zero-order chi connectivity index (χ0) is 9.07. The van der Waals surface area contributed by atoms with Crippen LogP contribution >= 0.6 is 0 Å². The molecule has 0 saturated heterocycles. The Kier molecular flexibility index (Phi) is 3.85. The molecule has 0 heterocycles. The van der Waals surface area contributed by atoms with Crippen LogP contribution < -0.4 is 0 Å². The topological polar surface area (TPSA) is 0 Å². The van der Waals surface area contributed by atoms with E-state index in [4.69, 9.17) is 0 Å². The third kappa shape index (κ3) is 2.69. The van der Waals surface area contributed by atoms with E-state index in [1.54, 1.807) is 0 Å². The summed E-state index contributed by atoms with van der Waals surface area (Å²) < 4.78 is 0. The Balaban J connectivity index is 4.41. The average molecular weight is 154 g/mol. The molecule has 0 radical (unpaired) electrons. The van der Waals surface area contributed by atoms with E-state index in [0.29, 0.717) is 5.41 Å². The predicted octanol–water partition coefficient (Wildman–Crippen LogP) is 4.02. The molecule has 0 fully saturated rings. The molecule has 0 saturated carbocycles. The van der Waals surface area contributed by atoms with Gasteiger partial charge >= 0.3 is 0 Å². The molecule has 0 heteroatoms. The van der Waals surface area contributed by atoms with E-state index in [2.05, 4.69) is 47.6 Å². The molecule has 0 aliphatic carbocycles. The van der Waals surface area contributed by atoms with Crippen molar-refractivity contribution in [3.8, 4) is 0 Å². The second-order valence-corrected chi connectivity index (χ2v) is 4.17. The molecule has 0 aliphatic rings. The van der Waals surface area contributed by atoms with Gasteiger partial charge in [-0.1, -0.05) is 46.3 Å². The molecule has 0 aromatic rings. The van der Waals surface area contributed by atoms with Gasteiger partial charge in [-0.15, -0.1) is 0 Å². The Morgan fingerprint density at radius 2 is 1.82 bits per heavy atom. The van der Waals surface area contributed by atoms with E-state index in [0.717, 1.165) is 12.3 Å². The van der Waals surface area contributed by atoms with Gasteiger partial charge < -0.3 is 0 Å². The lowest BCUT2D eigenvalue weighted by Gasteiger charge is -2.30. The van der Waals surface area contributed by atoms with Crippen molar-refractivity contribution < 1.29 is 0 Å². The van der Waals surface area contributed by atoms with Crippen LogP contribution in [0.4, 0.5) is 0 Å². The molecule has 0 atom stereocenters. The van der Waals surface area contributed by atoms with Gasteiger partial charge in [0.2, 0.25) is 0 Å². The van der Waals surface area contributed by atoms with Crippen LogP contribution in [0.3, 0.4) is 0 Å². The number of hydrogen-bond acceptors (Lipinski definition) is 0. The van der Waals surface area contributed by atoms with Crippen molar-refractivity contribution in [2.75, 3.05) is 0 Å². The van der Waals surface area contributed by atoms with Gasteiger partial charge in [-0.2, -0.15) is 0 Å². The van der Waals surface area contributed by atoms with E-state index in [9.17, 15) is 0 Å². The summed E-state index contributed by atoms with van der Waals surface area (Å²) in [6.45, 7) is 13.6. The first kappa shape index (κ1) is 10.7. The smallest absolute Gasteiger partial charge is 0.0124 e. The SMILES string of the molecule is CCC=C(C)C(C)(C)C(C)C. The van der Waals surface area contributed by atoms with Gasteiger partial charge in [-0.3, -0.25) is 0 Å². The highest BCUT2D eigenvalue weighted by Gasteiger charge is 2.23. The second kappa shape index (κ2) is 3.94. The number of rotatable bonds is 3. The fourth-order valence-electron chi connectivity index (χ4n) is 1.02.